The Morgan fingerprint density at radius 1 is 1.21 bits per heavy atom. The van der Waals surface area contributed by atoms with Gasteiger partial charge in [0.1, 0.15) is 0 Å². The second-order valence-electron chi connectivity index (χ2n) is 6.10. The number of amides is 1. The lowest BCUT2D eigenvalue weighted by Crippen LogP contribution is -2.14. The summed E-state index contributed by atoms with van der Waals surface area (Å²) in [6, 6.07) is 14.7. The van der Waals surface area contributed by atoms with E-state index in [-0.39, 0.29) is 35.7 Å². The van der Waals surface area contributed by atoms with Gasteiger partial charge in [0, 0.05) is 16.5 Å². The molecule has 4 N–H and O–H groups in total. The highest BCUT2D eigenvalue weighted by Crippen LogP contribution is 2.20. The third kappa shape index (κ3) is 6.18. The fourth-order valence-electron chi connectivity index (χ4n) is 2.56. The Labute approximate surface area is 176 Å². The van der Waals surface area contributed by atoms with Crippen LogP contribution in [-0.2, 0) is 17.6 Å². The summed E-state index contributed by atoms with van der Waals surface area (Å²) in [6.07, 6.45) is -5.59. The summed E-state index contributed by atoms with van der Waals surface area (Å²) in [5, 5.41) is 13.5. The lowest BCUT2D eigenvalue weighted by atomic mass is 10.0. The van der Waals surface area contributed by atoms with Crippen LogP contribution in [-0.4, -0.2) is 16.0 Å². The number of thiazole rings is 1. The molecule has 3 rings (SSSR count). The molecule has 0 aliphatic heterocycles. The summed E-state index contributed by atoms with van der Waals surface area (Å²) in [5.41, 5.74) is 7.09. The molecule has 0 saturated carbocycles. The number of rotatable bonds is 9. The van der Waals surface area contributed by atoms with Gasteiger partial charge in [-0.1, -0.05) is 48.9 Å². The lowest BCUT2D eigenvalue weighted by Gasteiger charge is -2.10. The smallest absolute Gasteiger partial charge is 0.230 e. The number of benzene rings is 2. The van der Waals surface area contributed by atoms with Crippen molar-refractivity contribution < 1.29 is 16.8 Å². The molecular weight excluding hydrogens is 370 g/mol. The maximum atomic E-state index is 12.2. The first kappa shape index (κ1) is 14.3. The van der Waals surface area contributed by atoms with Crippen molar-refractivity contribution in [1.82, 2.24) is 4.98 Å². The van der Waals surface area contributed by atoms with Crippen LogP contribution >= 0.6 is 11.3 Å². The minimum absolute atomic E-state index is 0.0894. The maximum Gasteiger partial charge on any atom is 0.230 e. The minimum atomic E-state index is -2.00. The van der Waals surface area contributed by atoms with E-state index in [0.29, 0.717) is 22.5 Å². The van der Waals surface area contributed by atoms with Gasteiger partial charge in [0.15, 0.2) is 5.13 Å². The summed E-state index contributed by atoms with van der Waals surface area (Å²) in [5.74, 6) is -0.368. The van der Waals surface area contributed by atoms with Crippen molar-refractivity contribution in [2.75, 3.05) is 11.1 Å². The van der Waals surface area contributed by atoms with Crippen LogP contribution in [0.1, 0.15) is 49.0 Å². The van der Waals surface area contributed by atoms with E-state index in [4.69, 9.17) is 12.6 Å². The number of aliphatic hydroxyl groups excluding tert-OH is 1. The molecule has 0 bridgehead atoms. The standard InChI is InChI=1S/C22H25N3O2S/c23-22-25-19(15-28-22)14-21(27)24-18-12-10-16(11-13-18)6-4-5-9-20(26)17-7-2-1-3-8-17/h1-3,7-8,10-13,15,20,26H,4-6,9,14H2,(H2,23,25)(H,24,27)/t20-/m0/s1/i6D2,9D2,15D. The number of nitrogens with two attached hydrogens (primary N) is 1. The molecule has 6 heteroatoms. The van der Waals surface area contributed by atoms with Crippen LogP contribution in [0, 0.1) is 0 Å². The number of nitrogen functional groups attached to an aromatic ring is 1. The molecule has 2 aromatic carbocycles. The zero-order chi connectivity index (χ0) is 24.2. The lowest BCUT2D eigenvalue weighted by molar-refractivity contribution is -0.115. The molecular formula is C22H25N3O2S. The molecule has 0 radical (unpaired) electrons. The Bertz CT molecular complexity index is 1090. The van der Waals surface area contributed by atoms with Gasteiger partial charge in [-0.15, -0.1) is 11.3 Å². The van der Waals surface area contributed by atoms with E-state index in [2.05, 4.69) is 10.3 Å². The largest absolute Gasteiger partial charge is 0.388 e. The van der Waals surface area contributed by atoms with Crippen LogP contribution < -0.4 is 11.1 Å². The Morgan fingerprint density at radius 3 is 2.64 bits per heavy atom. The van der Waals surface area contributed by atoms with Gasteiger partial charge in [0.2, 0.25) is 5.91 Å². The fourth-order valence-corrected chi connectivity index (χ4v) is 3.06. The average Bonchev–Trinajstić information content (AvgIpc) is 3.09. The van der Waals surface area contributed by atoms with Gasteiger partial charge in [-0.25, -0.2) is 4.98 Å². The van der Waals surface area contributed by atoms with E-state index < -0.39 is 18.8 Å². The molecule has 1 aromatic heterocycles. The van der Waals surface area contributed by atoms with Crippen molar-refractivity contribution in [1.29, 1.82) is 0 Å². The van der Waals surface area contributed by atoms with Crippen LogP contribution in [0.2, 0.25) is 0 Å². The zero-order valence-corrected chi connectivity index (χ0v) is 16.0. The molecule has 0 aliphatic rings. The van der Waals surface area contributed by atoms with Gasteiger partial charge in [0.25, 0.3) is 0 Å². The number of hydrogen-bond donors (Lipinski definition) is 3. The van der Waals surface area contributed by atoms with Crippen LogP contribution in [0.3, 0.4) is 0 Å². The predicted molar refractivity (Wildman–Crippen MR) is 114 cm³/mol. The number of carbonyl (C=O) groups excluding carboxylic acids is 1. The van der Waals surface area contributed by atoms with Crippen molar-refractivity contribution >= 4 is 28.1 Å². The monoisotopic (exact) mass is 400 g/mol. The summed E-state index contributed by atoms with van der Waals surface area (Å²) in [6.45, 7) is 0. The fraction of sp³-hybridized carbons (Fsp3) is 0.273. The topological polar surface area (TPSA) is 88.2 Å². The van der Waals surface area contributed by atoms with Crippen molar-refractivity contribution in [3.05, 3.63) is 76.8 Å². The normalized spacial score (nSPS) is 15.5. The van der Waals surface area contributed by atoms with Crippen molar-refractivity contribution in [3.8, 4) is 0 Å². The maximum absolute atomic E-state index is 12.2. The third-order valence-electron chi connectivity index (χ3n) is 3.92. The average molecular weight is 401 g/mol. The van der Waals surface area contributed by atoms with Crippen molar-refractivity contribution in [2.24, 2.45) is 0 Å². The van der Waals surface area contributed by atoms with Gasteiger partial charge in [-0.05, 0) is 42.4 Å². The van der Waals surface area contributed by atoms with Crippen LogP contribution in [0.5, 0.6) is 0 Å². The Kier molecular flexibility index (Phi) is 5.12. The van der Waals surface area contributed by atoms with E-state index in [1.807, 2.05) is 0 Å². The summed E-state index contributed by atoms with van der Waals surface area (Å²) in [4.78, 5) is 16.2. The van der Waals surface area contributed by atoms with Crippen molar-refractivity contribution in [3.63, 3.8) is 0 Å². The quantitative estimate of drug-likeness (QED) is 0.498. The number of hydrogen-bond acceptors (Lipinski definition) is 5. The highest BCUT2D eigenvalue weighted by molar-refractivity contribution is 7.13. The van der Waals surface area contributed by atoms with E-state index in [1.165, 1.54) is 12.1 Å². The molecule has 0 aliphatic carbocycles. The molecule has 0 spiro atoms. The van der Waals surface area contributed by atoms with Gasteiger partial charge in [-0.2, -0.15) is 0 Å². The SMILES string of the molecule is [2H]c1sc(N)nc1CC(=O)Nc1ccc(C([2H])([2H])CCC([2H])([2H])[C@H](O)c2ccccc2)cc1. The Hall–Kier alpha value is -2.70. The van der Waals surface area contributed by atoms with Gasteiger partial charge < -0.3 is 16.2 Å². The molecule has 146 valence electrons. The second-order valence-corrected chi connectivity index (χ2v) is 6.92. The number of aryl methyl sites for hydroxylation is 1. The molecule has 3 aromatic rings. The second kappa shape index (κ2) is 10.0. The number of aromatic nitrogens is 1. The Morgan fingerprint density at radius 2 is 1.96 bits per heavy atom. The first-order valence-electron chi connectivity index (χ1n) is 11.3. The zero-order valence-electron chi connectivity index (χ0n) is 20.2. The predicted octanol–water partition coefficient (Wildman–Crippen LogP) is 4.35. The first-order chi connectivity index (χ1) is 15.5. The van der Waals surface area contributed by atoms with Gasteiger partial charge >= 0.3 is 0 Å². The van der Waals surface area contributed by atoms with Gasteiger partial charge in [-0.3, -0.25) is 4.79 Å². The molecule has 5 nitrogen and oxygen atoms in total. The third-order valence-corrected chi connectivity index (χ3v) is 4.56. The number of nitrogens with zero attached hydrogens (tertiary/aromatic N) is 1. The number of anilines is 2. The molecule has 1 amide bonds. The molecule has 28 heavy (non-hydrogen) atoms. The molecule has 0 saturated heterocycles. The summed E-state index contributed by atoms with van der Waals surface area (Å²) < 4.78 is 40.9. The van der Waals surface area contributed by atoms with Crippen LogP contribution in [0.4, 0.5) is 10.8 Å². The van der Waals surface area contributed by atoms with Crippen molar-refractivity contribution in [2.45, 2.75) is 38.1 Å². The van der Waals surface area contributed by atoms with E-state index in [1.54, 1.807) is 42.5 Å². The van der Waals surface area contributed by atoms with Crippen LogP contribution in [0.25, 0.3) is 0 Å². The highest BCUT2D eigenvalue weighted by Gasteiger charge is 2.08. The molecule has 0 unspecified atom stereocenters. The van der Waals surface area contributed by atoms with E-state index >= 15 is 0 Å². The van der Waals surface area contributed by atoms with E-state index in [9.17, 15) is 9.90 Å². The Balaban J connectivity index is 1.59. The first-order valence-corrected chi connectivity index (χ1v) is 9.65. The number of carbonyl (C=O) groups is 1. The summed E-state index contributed by atoms with van der Waals surface area (Å²) in [7, 11) is 0. The van der Waals surface area contributed by atoms with Crippen LogP contribution in [0.15, 0.2) is 60.0 Å². The number of nitrogens with one attached hydrogen (secondary N) is 1. The van der Waals surface area contributed by atoms with E-state index in [0.717, 1.165) is 11.3 Å². The van der Waals surface area contributed by atoms with Gasteiger partial charge in [0.05, 0.1) is 19.6 Å². The summed E-state index contributed by atoms with van der Waals surface area (Å²) >= 11 is 0.998. The minimum Gasteiger partial charge on any atom is -0.388 e. The molecule has 1 atom stereocenters. The molecule has 1 heterocycles. The number of aliphatic hydroxyl groups is 1. The molecule has 0 fully saturated rings. The highest BCUT2D eigenvalue weighted by atomic mass is 32.1.